The Kier molecular flexibility index (Phi) is 5.45. The van der Waals surface area contributed by atoms with Crippen molar-refractivity contribution in [2.45, 2.75) is 12.4 Å². The number of hydrogen-bond donors (Lipinski definition) is 3. The summed E-state index contributed by atoms with van der Waals surface area (Å²) in [7, 11) is 0. The fourth-order valence-electron chi connectivity index (χ4n) is 2.06. The molecule has 0 atom stereocenters. The molecule has 0 bridgehead atoms. The third-order valence-corrected chi connectivity index (χ3v) is 3.36. The van der Waals surface area contributed by atoms with E-state index >= 15 is 0 Å². The summed E-state index contributed by atoms with van der Waals surface area (Å²) in [6, 6.07) is 5.24. The molecule has 0 fully saturated rings. The van der Waals surface area contributed by atoms with Crippen LogP contribution in [0.5, 0.6) is 0 Å². The predicted octanol–water partition coefficient (Wildman–Crippen LogP) is 4.10. The van der Waals surface area contributed by atoms with Crippen LogP contribution in [0.3, 0.4) is 0 Å². The molecule has 0 aliphatic rings. The third kappa shape index (κ3) is 4.97. The smallest absolute Gasteiger partial charge is 0.322 e. The molecule has 0 heterocycles. The minimum absolute atomic E-state index is 0.00826. The summed E-state index contributed by atoms with van der Waals surface area (Å²) in [5.74, 6) is -2.05. The quantitative estimate of drug-likeness (QED) is 0.418. The summed E-state index contributed by atoms with van der Waals surface area (Å²) in [4.78, 5) is 23.3. The van der Waals surface area contributed by atoms with Crippen LogP contribution in [-0.2, 0) is 12.4 Å². The maximum Gasteiger partial charge on any atom is 0.416 e. The standard InChI is InChI=1S/C16H10F6N2O3/c17-15(18,19)10-5-9(6-11(7-10)16(20,21)22)13(25)23-12-3-1-8(2-4-12)14(26)24-27/h1-7,27H,(H,23,25)(H,24,26). The van der Waals surface area contributed by atoms with Gasteiger partial charge in [-0.25, -0.2) is 5.48 Å². The van der Waals surface area contributed by atoms with Crippen molar-refractivity contribution in [1.82, 2.24) is 5.48 Å². The van der Waals surface area contributed by atoms with Gasteiger partial charge in [-0.15, -0.1) is 0 Å². The van der Waals surface area contributed by atoms with Crippen molar-refractivity contribution in [3.05, 3.63) is 64.7 Å². The number of alkyl halides is 6. The molecule has 144 valence electrons. The van der Waals surface area contributed by atoms with E-state index in [9.17, 15) is 35.9 Å². The van der Waals surface area contributed by atoms with Gasteiger partial charge in [-0.05, 0) is 42.5 Å². The fraction of sp³-hybridized carbons (Fsp3) is 0.125. The second kappa shape index (κ2) is 7.27. The molecule has 0 spiro atoms. The Morgan fingerprint density at radius 1 is 0.741 bits per heavy atom. The lowest BCUT2D eigenvalue weighted by molar-refractivity contribution is -0.143. The zero-order valence-corrected chi connectivity index (χ0v) is 13.1. The van der Waals surface area contributed by atoms with Crippen LogP contribution < -0.4 is 10.8 Å². The fourth-order valence-corrected chi connectivity index (χ4v) is 2.06. The molecule has 2 aromatic rings. The van der Waals surface area contributed by atoms with Crippen LogP contribution in [0.2, 0.25) is 0 Å². The van der Waals surface area contributed by atoms with Crippen LogP contribution in [0.15, 0.2) is 42.5 Å². The first-order valence-electron chi connectivity index (χ1n) is 7.07. The third-order valence-electron chi connectivity index (χ3n) is 3.36. The highest BCUT2D eigenvalue weighted by molar-refractivity contribution is 6.04. The summed E-state index contributed by atoms with van der Waals surface area (Å²) in [6.07, 6.45) is -10.1. The first-order chi connectivity index (χ1) is 12.4. The Bertz CT molecular complexity index is 828. The minimum atomic E-state index is -5.07. The molecule has 0 unspecified atom stereocenters. The SMILES string of the molecule is O=C(NO)c1ccc(NC(=O)c2cc(C(F)(F)F)cc(C(F)(F)F)c2)cc1. The molecule has 11 heteroatoms. The van der Waals surface area contributed by atoms with Gasteiger partial charge in [-0.3, -0.25) is 14.8 Å². The Balaban J connectivity index is 2.33. The van der Waals surface area contributed by atoms with E-state index in [0.29, 0.717) is 12.1 Å². The highest BCUT2D eigenvalue weighted by atomic mass is 19.4. The second-order valence-electron chi connectivity index (χ2n) is 5.27. The number of benzene rings is 2. The van der Waals surface area contributed by atoms with Crippen molar-refractivity contribution in [2.75, 3.05) is 5.32 Å². The molecule has 3 N–H and O–H groups in total. The molecule has 27 heavy (non-hydrogen) atoms. The Hall–Kier alpha value is -3.08. The predicted molar refractivity (Wildman–Crippen MR) is 80.1 cm³/mol. The molecule has 5 nitrogen and oxygen atoms in total. The van der Waals surface area contributed by atoms with Gasteiger partial charge < -0.3 is 5.32 Å². The van der Waals surface area contributed by atoms with E-state index in [-0.39, 0.29) is 17.3 Å². The maximum absolute atomic E-state index is 12.8. The van der Waals surface area contributed by atoms with Crippen molar-refractivity contribution >= 4 is 17.5 Å². The van der Waals surface area contributed by atoms with Crippen molar-refractivity contribution in [2.24, 2.45) is 0 Å². The van der Waals surface area contributed by atoms with Gasteiger partial charge in [0.25, 0.3) is 11.8 Å². The molecule has 0 aliphatic heterocycles. The lowest BCUT2D eigenvalue weighted by Crippen LogP contribution is -2.19. The summed E-state index contributed by atoms with van der Waals surface area (Å²) >= 11 is 0. The first kappa shape index (κ1) is 20.2. The normalized spacial score (nSPS) is 11.8. The zero-order chi connectivity index (χ0) is 20.4. The molecule has 2 aromatic carbocycles. The van der Waals surface area contributed by atoms with Gasteiger partial charge in [0.05, 0.1) is 11.1 Å². The van der Waals surface area contributed by atoms with Gasteiger partial charge in [0.15, 0.2) is 0 Å². The van der Waals surface area contributed by atoms with E-state index in [0.717, 1.165) is 0 Å². The highest BCUT2D eigenvalue weighted by Gasteiger charge is 2.37. The van der Waals surface area contributed by atoms with E-state index in [4.69, 9.17) is 5.21 Å². The molecular weight excluding hydrogens is 382 g/mol. The molecular formula is C16H10F6N2O3. The van der Waals surface area contributed by atoms with Crippen LogP contribution in [0.4, 0.5) is 32.0 Å². The molecule has 2 amide bonds. The largest absolute Gasteiger partial charge is 0.416 e. The monoisotopic (exact) mass is 392 g/mol. The number of anilines is 1. The van der Waals surface area contributed by atoms with E-state index in [1.165, 1.54) is 29.7 Å². The Morgan fingerprint density at radius 2 is 1.22 bits per heavy atom. The number of nitrogens with one attached hydrogen (secondary N) is 2. The van der Waals surface area contributed by atoms with Crippen molar-refractivity contribution < 1.29 is 41.1 Å². The summed E-state index contributed by atoms with van der Waals surface area (Å²) in [5, 5.41) is 10.6. The van der Waals surface area contributed by atoms with E-state index < -0.39 is 40.9 Å². The van der Waals surface area contributed by atoms with Crippen LogP contribution in [0.1, 0.15) is 31.8 Å². The van der Waals surface area contributed by atoms with E-state index in [1.54, 1.807) is 0 Å². The number of carbonyl (C=O) groups is 2. The average Bonchev–Trinajstić information content (AvgIpc) is 2.59. The van der Waals surface area contributed by atoms with Gasteiger partial charge in [-0.2, -0.15) is 26.3 Å². The lowest BCUT2D eigenvalue weighted by atomic mass is 10.0. The van der Waals surface area contributed by atoms with Crippen LogP contribution in [-0.4, -0.2) is 17.0 Å². The highest BCUT2D eigenvalue weighted by Crippen LogP contribution is 2.36. The topological polar surface area (TPSA) is 78.4 Å². The van der Waals surface area contributed by atoms with Gasteiger partial charge in [0.1, 0.15) is 0 Å². The molecule has 0 saturated heterocycles. The van der Waals surface area contributed by atoms with Crippen LogP contribution >= 0.6 is 0 Å². The number of rotatable bonds is 3. The number of amides is 2. The maximum atomic E-state index is 12.8. The van der Waals surface area contributed by atoms with Gasteiger partial charge in [-0.1, -0.05) is 0 Å². The first-order valence-corrected chi connectivity index (χ1v) is 7.07. The number of halogens is 6. The lowest BCUT2D eigenvalue weighted by Gasteiger charge is -2.14. The van der Waals surface area contributed by atoms with Crippen molar-refractivity contribution in [3.8, 4) is 0 Å². The number of carbonyl (C=O) groups excluding carboxylic acids is 2. The van der Waals surface area contributed by atoms with E-state index in [2.05, 4.69) is 5.32 Å². The van der Waals surface area contributed by atoms with Crippen LogP contribution in [0, 0.1) is 0 Å². The van der Waals surface area contributed by atoms with Gasteiger partial charge in [0, 0.05) is 16.8 Å². The van der Waals surface area contributed by atoms with Crippen molar-refractivity contribution in [1.29, 1.82) is 0 Å². The number of hydrogen-bond acceptors (Lipinski definition) is 3. The molecule has 0 radical (unpaired) electrons. The summed E-state index contributed by atoms with van der Waals surface area (Å²) in [5.41, 5.74) is -2.67. The van der Waals surface area contributed by atoms with Gasteiger partial charge in [0.2, 0.25) is 0 Å². The Morgan fingerprint density at radius 3 is 1.63 bits per heavy atom. The van der Waals surface area contributed by atoms with E-state index in [1.807, 2.05) is 0 Å². The average molecular weight is 392 g/mol. The zero-order valence-electron chi connectivity index (χ0n) is 13.1. The van der Waals surface area contributed by atoms with Crippen molar-refractivity contribution in [3.63, 3.8) is 0 Å². The second-order valence-corrected chi connectivity index (χ2v) is 5.27. The van der Waals surface area contributed by atoms with Crippen LogP contribution in [0.25, 0.3) is 0 Å². The minimum Gasteiger partial charge on any atom is -0.322 e. The molecule has 0 saturated carbocycles. The van der Waals surface area contributed by atoms with Gasteiger partial charge >= 0.3 is 12.4 Å². The number of hydroxylamine groups is 1. The summed E-state index contributed by atoms with van der Waals surface area (Å²) < 4.78 is 76.9. The molecule has 2 rings (SSSR count). The molecule has 0 aromatic heterocycles. The Labute approximate surface area is 147 Å². The summed E-state index contributed by atoms with van der Waals surface area (Å²) in [6.45, 7) is 0. The molecule has 0 aliphatic carbocycles.